The van der Waals surface area contributed by atoms with Gasteiger partial charge in [0.05, 0.1) is 20.3 Å². The lowest BCUT2D eigenvalue weighted by Crippen LogP contribution is -2.42. The quantitative estimate of drug-likeness (QED) is 0.406. The van der Waals surface area contributed by atoms with E-state index in [1.165, 1.54) is 5.01 Å². The molecule has 0 saturated heterocycles. The van der Waals surface area contributed by atoms with Gasteiger partial charge in [-0.15, -0.1) is 0 Å². The topological polar surface area (TPSA) is 70.8 Å². The highest BCUT2D eigenvalue weighted by atomic mass is 32.1. The maximum absolute atomic E-state index is 8.69. The third-order valence-electron chi connectivity index (χ3n) is 1.94. The number of ether oxygens (including phenoxy) is 1. The van der Waals surface area contributed by atoms with E-state index < -0.39 is 0 Å². The third kappa shape index (κ3) is 3.65. The van der Waals surface area contributed by atoms with Gasteiger partial charge in [0, 0.05) is 5.69 Å². The molecular formula is C10H15N3O2S. The summed E-state index contributed by atoms with van der Waals surface area (Å²) in [6.07, 6.45) is 0. The summed E-state index contributed by atoms with van der Waals surface area (Å²) in [5.74, 6) is 6.35. The van der Waals surface area contributed by atoms with E-state index in [4.69, 9.17) is 27.9 Å². The summed E-state index contributed by atoms with van der Waals surface area (Å²) in [4.78, 5) is 0. The van der Waals surface area contributed by atoms with Crippen molar-refractivity contribution >= 4 is 23.0 Å². The van der Waals surface area contributed by atoms with Crippen molar-refractivity contribution in [2.24, 2.45) is 5.84 Å². The van der Waals surface area contributed by atoms with Gasteiger partial charge < -0.3 is 15.2 Å². The van der Waals surface area contributed by atoms with Crippen molar-refractivity contribution in [3.63, 3.8) is 0 Å². The lowest BCUT2D eigenvalue weighted by Gasteiger charge is -2.19. The van der Waals surface area contributed by atoms with E-state index in [1.54, 1.807) is 7.11 Å². The van der Waals surface area contributed by atoms with Crippen molar-refractivity contribution in [3.8, 4) is 5.75 Å². The van der Waals surface area contributed by atoms with Crippen LogP contribution in [0.1, 0.15) is 0 Å². The summed E-state index contributed by atoms with van der Waals surface area (Å²) >= 11 is 5.03. The first-order valence-corrected chi connectivity index (χ1v) is 5.16. The molecule has 0 bridgehead atoms. The van der Waals surface area contributed by atoms with Crippen LogP contribution in [0.3, 0.4) is 0 Å². The zero-order chi connectivity index (χ0) is 12.0. The van der Waals surface area contributed by atoms with Gasteiger partial charge in [0.1, 0.15) is 5.75 Å². The van der Waals surface area contributed by atoms with Crippen LogP contribution in [0.4, 0.5) is 5.69 Å². The molecule has 1 rings (SSSR count). The largest absolute Gasteiger partial charge is 0.497 e. The molecule has 0 aliphatic heterocycles. The molecule has 0 unspecified atom stereocenters. The van der Waals surface area contributed by atoms with Crippen molar-refractivity contribution in [1.82, 2.24) is 5.01 Å². The highest BCUT2D eigenvalue weighted by molar-refractivity contribution is 7.80. The Morgan fingerprint density at radius 2 is 2.12 bits per heavy atom. The van der Waals surface area contributed by atoms with Crippen LogP contribution in [0.5, 0.6) is 5.75 Å². The minimum atomic E-state index is -0.0407. The fraction of sp³-hybridized carbons (Fsp3) is 0.300. The molecule has 4 N–H and O–H groups in total. The monoisotopic (exact) mass is 241 g/mol. The van der Waals surface area contributed by atoms with Crippen LogP contribution in [0.2, 0.25) is 0 Å². The molecule has 16 heavy (non-hydrogen) atoms. The number of anilines is 1. The van der Waals surface area contributed by atoms with Crippen LogP contribution in [0.25, 0.3) is 0 Å². The van der Waals surface area contributed by atoms with Crippen LogP contribution in [0, 0.1) is 0 Å². The van der Waals surface area contributed by atoms with Crippen molar-refractivity contribution in [3.05, 3.63) is 24.3 Å². The Morgan fingerprint density at radius 1 is 1.50 bits per heavy atom. The minimum Gasteiger partial charge on any atom is -0.497 e. The van der Waals surface area contributed by atoms with Crippen LogP contribution in [-0.4, -0.2) is 35.5 Å². The standard InChI is InChI=1S/C10H15N3O2S/c1-15-9-4-2-8(3-5-9)12-10(16)13(11)6-7-14/h2-5,14H,6-7,11H2,1H3,(H,12,16). The third-order valence-corrected chi connectivity index (χ3v) is 2.28. The van der Waals surface area contributed by atoms with Gasteiger partial charge in [-0.25, -0.2) is 5.84 Å². The lowest BCUT2D eigenvalue weighted by atomic mass is 10.3. The van der Waals surface area contributed by atoms with Gasteiger partial charge in [-0.1, -0.05) is 0 Å². The normalized spacial score (nSPS) is 9.69. The van der Waals surface area contributed by atoms with Crippen LogP contribution in [0.15, 0.2) is 24.3 Å². The Kier molecular flexibility index (Phi) is 4.97. The molecule has 1 aromatic rings. The molecule has 0 fully saturated rings. The van der Waals surface area contributed by atoms with E-state index in [0.29, 0.717) is 11.7 Å². The molecule has 0 aliphatic carbocycles. The predicted octanol–water partition coefficient (Wildman–Crippen LogP) is 0.560. The number of hydrogen-bond donors (Lipinski definition) is 3. The smallest absolute Gasteiger partial charge is 0.187 e. The zero-order valence-corrected chi connectivity index (χ0v) is 9.83. The average molecular weight is 241 g/mol. The number of hydrazine groups is 1. The number of benzene rings is 1. The first-order chi connectivity index (χ1) is 7.67. The van der Waals surface area contributed by atoms with E-state index in [0.717, 1.165) is 11.4 Å². The summed E-state index contributed by atoms with van der Waals surface area (Å²) < 4.78 is 5.03. The molecule has 1 aromatic carbocycles. The predicted molar refractivity (Wildman–Crippen MR) is 67.2 cm³/mol. The molecule has 88 valence electrons. The number of rotatable bonds is 4. The molecule has 5 nitrogen and oxygen atoms in total. The molecule has 0 radical (unpaired) electrons. The molecule has 0 amide bonds. The van der Waals surface area contributed by atoms with Crippen molar-refractivity contribution in [2.45, 2.75) is 0 Å². The summed E-state index contributed by atoms with van der Waals surface area (Å²) in [6.45, 7) is 0.253. The Labute approximate surface area is 99.8 Å². The molecule has 0 saturated carbocycles. The highest BCUT2D eigenvalue weighted by Gasteiger charge is 2.04. The first kappa shape index (κ1) is 12.7. The number of aliphatic hydroxyl groups is 1. The maximum atomic E-state index is 8.69. The van der Waals surface area contributed by atoms with Crippen LogP contribution in [-0.2, 0) is 0 Å². The average Bonchev–Trinajstić information content (AvgIpc) is 2.30. The molecule has 0 heterocycles. The van der Waals surface area contributed by atoms with Crippen LogP contribution >= 0.6 is 12.2 Å². The summed E-state index contributed by atoms with van der Waals surface area (Å²) in [6, 6.07) is 7.30. The molecule has 0 atom stereocenters. The first-order valence-electron chi connectivity index (χ1n) is 4.75. The van der Waals surface area contributed by atoms with Gasteiger partial charge >= 0.3 is 0 Å². The Morgan fingerprint density at radius 3 is 2.62 bits per heavy atom. The van der Waals surface area contributed by atoms with E-state index in [9.17, 15) is 0 Å². The van der Waals surface area contributed by atoms with Gasteiger partial charge in [-0.3, -0.25) is 5.01 Å². The molecular weight excluding hydrogens is 226 g/mol. The Hall–Kier alpha value is -1.37. The SMILES string of the molecule is COc1ccc(NC(=S)N(N)CCO)cc1. The lowest BCUT2D eigenvalue weighted by molar-refractivity contribution is 0.253. The van der Waals surface area contributed by atoms with Gasteiger partial charge in [0.2, 0.25) is 0 Å². The highest BCUT2D eigenvalue weighted by Crippen LogP contribution is 2.15. The van der Waals surface area contributed by atoms with E-state index >= 15 is 0 Å². The summed E-state index contributed by atoms with van der Waals surface area (Å²) in [7, 11) is 1.61. The Bertz CT molecular complexity index is 342. The number of hydrogen-bond acceptors (Lipinski definition) is 4. The number of thiocarbonyl (C=S) groups is 1. The molecule has 6 heteroatoms. The van der Waals surface area contributed by atoms with Crippen LogP contribution < -0.4 is 15.9 Å². The van der Waals surface area contributed by atoms with Gasteiger partial charge in [-0.2, -0.15) is 0 Å². The van der Waals surface area contributed by atoms with E-state index in [2.05, 4.69) is 5.32 Å². The minimum absolute atomic E-state index is 0.0407. The number of methoxy groups -OCH3 is 1. The van der Waals surface area contributed by atoms with Crippen molar-refractivity contribution < 1.29 is 9.84 Å². The molecule has 0 aliphatic rings. The zero-order valence-electron chi connectivity index (χ0n) is 9.01. The molecule has 0 aromatic heterocycles. The summed E-state index contributed by atoms with van der Waals surface area (Å²) in [5, 5.41) is 13.3. The van der Waals surface area contributed by atoms with E-state index in [1.807, 2.05) is 24.3 Å². The second kappa shape index (κ2) is 6.26. The number of nitrogens with two attached hydrogens (primary N) is 1. The van der Waals surface area contributed by atoms with E-state index in [-0.39, 0.29) is 6.61 Å². The number of nitrogens with one attached hydrogen (secondary N) is 1. The van der Waals surface area contributed by atoms with Crippen molar-refractivity contribution in [2.75, 3.05) is 25.6 Å². The van der Waals surface area contributed by atoms with Gasteiger partial charge in [0.25, 0.3) is 0 Å². The summed E-state index contributed by atoms with van der Waals surface area (Å²) in [5.41, 5.74) is 0.819. The fourth-order valence-corrected chi connectivity index (χ4v) is 1.29. The Balaban J connectivity index is 2.55. The maximum Gasteiger partial charge on any atom is 0.187 e. The second-order valence-electron chi connectivity index (χ2n) is 3.08. The second-order valence-corrected chi connectivity index (χ2v) is 3.46. The van der Waals surface area contributed by atoms with Gasteiger partial charge in [0.15, 0.2) is 5.11 Å². The molecule has 0 spiro atoms. The fourth-order valence-electron chi connectivity index (χ4n) is 1.08. The number of nitrogens with zero attached hydrogens (tertiary/aromatic N) is 1. The van der Waals surface area contributed by atoms with Gasteiger partial charge in [-0.05, 0) is 36.5 Å². The number of aliphatic hydroxyl groups excluding tert-OH is 1. The van der Waals surface area contributed by atoms with Crippen molar-refractivity contribution in [1.29, 1.82) is 0 Å².